The summed E-state index contributed by atoms with van der Waals surface area (Å²) < 4.78 is 10.2. The van der Waals surface area contributed by atoms with Crippen molar-refractivity contribution in [2.45, 2.75) is 12.6 Å². The molecule has 0 saturated heterocycles. The van der Waals surface area contributed by atoms with Crippen LogP contribution in [0.1, 0.15) is 11.1 Å². The van der Waals surface area contributed by atoms with Gasteiger partial charge in [0.2, 0.25) is 5.88 Å². The van der Waals surface area contributed by atoms with Crippen molar-refractivity contribution in [1.82, 2.24) is 10.3 Å². The van der Waals surface area contributed by atoms with Gasteiger partial charge in [-0.05, 0) is 11.6 Å². The van der Waals surface area contributed by atoms with Crippen LogP contribution >= 0.6 is 0 Å². The summed E-state index contributed by atoms with van der Waals surface area (Å²) in [6, 6.07) is 11.6. The summed E-state index contributed by atoms with van der Waals surface area (Å²) in [5, 5.41) is 5.07. The predicted octanol–water partition coefficient (Wildman–Crippen LogP) is 3.15. The third kappa shape index (κ3) is 5.71. The number of aromatic nitrogens is 1. The molecule has 0 spiro atoms. The SMILES string of the molecule is C=Cc1ccc(OC)nc1NC(=O)[C@H](C=C)NC(=O)OCc1ccccc1. The van der Waals surface area contributed by atoms with Crippen LogP contribution in [-0.2, 0) is 16.1 Å². The van der Waals surface area contributed by atoms with E-state index in [0.717, 1.165) is 5.56 Å². The van der Waals surface area contributed by atoms with Crippen molar-refractivity contribution in [2.24, 2.45) is 0 Å². The normalized spacial score (nSPS) is 11.0. The second-order valence-electron chi connectivity index (χ2n) is 5.40. The Balaban J connectivity index is 1.98. The minimum Gasteiger partial charge on any atom is -0.481 e. The number of anilines is 1. The van der Waals surface area contributed by atoms with Gasteiger partial charge in [0, 0.05) is 11.6 Å². The standard InChI is InChI=1S/C20H21N3O4/c1-4-15-11-12-17(26-3)22-18(15)23-19(24)16(5-2)21-20(25)27-13-14-9-7-6-8-10-14/h4-12,16H,1-2,13H2,3H3,(H,21,25)(H,22,23,24)/t16-/m0/s1. The summed E-state index contributed by atoms with van der Waals surface area (Å²) in [6.45, 7) is 7.35. The van der Waals surface area contributed by atoms with Crippen molar-refractivity contribution >= 4 is 23.9 Å². The van der Waals surface area contributed by atoms with Crippen molar-refractivity contribution < 1.29 is 19.1 Å². The van der Waals surface area contributed by atoms with Crippen LogP contribution in [0.25, 0.3) is 6.08 Å². The van der Waals surface area contributed by atoms with Gasteiger partial charge in [0.15, 0.2) is 0 Å². The lowest BCUT2D eigenvalue weighted by Gasteiger charge is -2.16. The molecule has 140 valence electrons. The summed E-state index contributed by atoms with van der Waals surface area (Å²) in [6.07, 6.45) is 2.11. The van der Waals surface area contributed by atoms with Crippen LogP contribution in [0.15, 0.2) is 61.7 Å². The third-order valence-electron chi connectivity index (χ3n) is 3.58. The van der Waals surface area contributed by atoms with Crippen LogP contribution < -0.4 is 15.4 Å². The molecular weight excluding hydrogens is 346 g/mol. The second-order valence-corrected chi connectivity index (χ2v) is 5.40. The molecule has 2 aromatic rings. The molecule has 7 nitrogen and oxygen atoms in total. The average molecular weight is 367 g/mol. The molecule has 27 heavy (non-hydrogen) atoms. The van der Waals surface area contributed by atoms with Crippen molar-refractivity contribution in [1.29, 1.82) is 0 Å². The molecule has 0 fully saturated rings. The largest absolute Gasteiger partial charge is 0.481 e. The van der Waals surface area contributed by atoms with E-state index >= 15 is 0 Å². The Labute approximate surface area is 157 Å². The fourth-order valence-corrected chi connectivity index (χ4v) is 2.15. The van der Waals surface area contributed by atoms with Crippen LogP contribution in [-0.4, -0.2) is 30.1 Å². The first-order valence-corrected chi connectivity index (χ1v) is 8.15. The molecule has 1 aromatic heterocycles. The number of carbonyl (C=O) groups excluding carboxylic acids is 2. The molecule has 1 aromatic carbocycles. The van der Waals surface area contributed by atoms with E-state index in [9.17, 15) is 9.59 Å². The number of rotatable bonds is 8. The number of carbonyl (C=O) groups is 2. The predicted molar refractivity (Wildman–Crippen MR) is 103 cm³/mol. The van der Waals surface area contributed by atoms with Gasteiger partial charge < -0.3 is 20.1 Å². The second kappa shape index (κ2) is 9.76. The Morgan fingerprint density at radius 3 is 2.56 bits per heavy atom. The van der Waals surface area contributed by atoms with Gasteiger partial charge in [0.05, 0.1) is 7.11 Å². The summed E-state index contributed by atoms with van der Waals surface area (Å²) in [7, 11) is 1.47. The van der Waals surface area contributed by atoms with Crippen LogP contribution in [0.3, 0.4) is 0 Å². The molecule has 2 rings (SSSR count). The van der Waals surface area contributed by atoms with E-state index < -0.39 is 18.0 Å². The molecule has 0 unspecified atom stereocenters. The first-order chi connectivity index (χ1) is 13.1. The zero-order valence-corrected chi connectivity index (χ0v) is 15.0. The highest BCUT2D eigenvalue weighted by molar-refractivity contribution is 5.98. The highest BCUT2D eigenvalue weighted by Crippen LogP contribution is 2.19. The first-order valence-electron chi connectivity index (χ1n) is 8.15. The van der Waals surface area contributed by atoms with Crippen molar-refractivity contribution in [3.8, 4) is 5.88 Å². The van der Waals surface area contributed by atoms with Crippen molar-refractivity contribution in [2.75, 3.05) is 12.4 Å². The lowest BCUT2D eigenvalue weighted by Crippen LogP contribution is -2.42. The molecule has 0 aliphatic heterocycles. The molecule has 7 heteroatoms. The molecule has 2 N–H and O–H groups in total. The maximum Gasteiger partial charge on any atom is 0.408 e. The number of hydrogen-bond acceptors (Lipinski definition) is 5. The lowest BCUT2D eigenvalue weighted by atomic mass is 10.2. The number of methoxy groups -OCH3 is 1. The zero-order valence-electron chi connectivity index (χ0n) is 15.0. The summed E-state index contributed by atoms with van der Waals surface area (Å²) in [5.41, 5.74) is 1.45. The highest BCUT2D eigenvalue weighted by Gasteiger charge is 2.20. The maximum absolute atomic E-state index is 12.5. The van der Waals surface area contributed by atoms with E-state index in [4.69, 9.17) is 9.47 Å². The summed E-state index contributed by atoms with van der Waals surface area (Å²) >= 11 is 0. The van der Waals surface area contributed by atoms with Gasteiger partial charge in [-0.15, -0.1) is 6.58 Å². The minimum absolute atomic E-state index is 0.0935. The Hall–Kier alpha value is -3.61. The Morgan fingerprint density at radius 1 is 1.19 bits per heavy atom. The molecular formula is C20H21N3O4. The van der Waals surface area contributed by atoms with Crippen LogP contribution in [0.2, 0.25) is 0 Å². The third-order valence-corrected chi connectivity index (χ3v) is 3.58. The fraction of sp³-hybridized carbons (Fsp3) is 0.150. The minimum atomic E-state index is -1.00. The monoisotopic (exact) mass is 367 g/mol. The molecule has 0 aliphatic carbocycles. The van der Waals surface area contributed by atoms with Gasteiger partial charge in [-0.1, -0.05) is 49.1 Å². The zero-order chi connectivity index (χ0) is 19.6. The number of benzene rings is 1. The summed E-state index contributed by atoms with van der Waals surface area (Å²) in [4.78, 5) is 28.6. The van der Waals surface area contributed by atoms with Gasteiger partial charge in [-0.3, -0.25) is 4.79 Å². The number of hydrogen-bond donors (Lipinski definition) is 2. The van der Waals surface area contributed by atoms with Crippen LogP contribution in [0.4, 0.5) is 10.6 Å². The van der Waals surface area contributed by atoms with Crippen LogP contribution in [0, 0.1) is 0 Å². The fourth-order valence-electron chi connectivity index (χ4n) is 2.15. The van der Waals surface area contributed by atoms with E-state index in [1.807, 2.05) is 30.3 Å². The van der Waals surface area contributed by atoms with Crippen LogP contribution in [0.5, 0.6) is 5.88 Å². The van der Waals surface area contributed by atoms with Gasteiger partial charge >= 0.3 is 6.09 Å². The molecule has 0 saturated carbocycles. The van der Waals surface area contributed by atoms with Gasteiger partial charge in [-0.2, -0.15) is 4.98 Å². The topological polar surface area (TPSA) is 89.5 Å². The number of alkyl carbamates (subject to hydrolysis) is 1. The van der Waals surface area contributed by atoms with E-state index in [2.05, 4.69) is 28.8 Å². The number of pyridine rings is 1. The Bertz CT molecular complexity index is 821. The van der Waals surface area contributed by atoms with E-state index in [-0.39, 0.29) is 12.4 Å². The molecule has 0 bridgehead atoms. The number of nitrogens with zero attached hydrogens (tertiary/aromatic N) is 1. The molecule has 1 atom stereocenters. The molecule has 0 aliphatic rings. The number of amides is 2. The van der Waals surface area contributed by atoms with Gasteiger partial charge in [0.25, 0.3) is 5.91 Å². The van der Waals surface area contributed by atoms with E-state index in [0.29, 0.717) is 11.4 Å². The molecule has 1 heterocycles. The van der Waals surface area contributed by atoms with E-state index in [1.54, 1.807) is 18.2 Å². The van der Waals surface area contributed by atoms with Crippen molar-refractivity contribution in [3.63, 3.8) is 0 Å². The first kappa shape index (κ1) is 19.7. The quantitative estimate of drug-likeness (QED) is 0.700. The lowest BCUT2D eigenvalue weighted by molar-refractivity contribution is -0.117. The van der Waals surface area contributed by atoms with E-state index in [1.165, 1.54) is 13.2 Å². The maximum atomic E-state index is 12.5. The molecule has 2 amide bonds. The number of nitrogens with one attached hydrogen (secondary N) is 2. The smallest absolute Gasteiger partial charge is 0.408 e. The Morgan fingerprint density at radius 2 is 1.93 bits per heavy atom. The van der Waals surface area contributed by atoms with Gasteiger partial charge in [-0.25, -0.2) is 4.79 Å². The molecule has 0 radical (unpaired) electrons. The number of ether oxygens (including phenoxy) is 2. The summed E-state index contributed by atoms with van der Waals surface area (Å²) in [5.74, 6) is 0.0763. The average Bonchev–Trinajstić information content (AvgIpc) is 2.71. The Kier molecular flexibility index (Phi) is 7.13. The highest BCUT2D eigenvalue weighted by atomic mass is 16.5. The van der Waals surface area contributed by atoms with Crippen molar-refractivity contribution in [3.05, 3.63) is 72.8 Å². The van der Waals surface area contributed by atoms with Gasteiger partial charge in [0.1, 0.15) is 18.5 Å².